The molecule has 0 radical (unpaired) electrons. The summed E-state index contributed by atoms with van der Waals surface area (Å²) in [6.45, 7) is 3.64. The van der Waals surface area contributed by atoms with Gasteiger partial charge in [0.15, 0.2) is 6.19 Å². The number of aliphatic hydroxyl groups excluding tert-OH is 1. The zero-order chi connectivity index (χ0) is 17.9. The number of hydrogen-bond donors (Lipinski definition) is 3. The summed E-state index contributed by atoms with van der Waals surface area (Å²) < 4.78 is 5.90. The lowest BCUT2D eigenvalue weighted by atomic mass is 9.87. The molecule has 6 nitrogen and oxygen atoms in total. The number of aliphatic imine (C=N–C) groups is 1. The average Bonchev–Trinajstić information content (AvgIpc) is 2.59. The molecule has 3 N–H and O–H groups in total. The van der Waals surface area contributed by atoms with Crippen LogP contribution in [0.2, 0.25) is 0 Å². The number of nitrogens with one attached hydrogen (secondary N) is 2. The van der Waals surface area contributed by atoms with Gasteiger partial charge in [-0.25, -0.2) is 4.99 Å². The first-order valence-corrected chi connectivity index (χ1v) is 8.02. The Labute approximate surface area is 146 Å². The third-order valence-corrected chi connectivity index (χ3v) is 4.10. The van der Waals surface area contributed by atoms with Gasteiger partial charge in [0.05, 0.1) is 0 Å². The van der Waals surface area contributed by atoms with Crippen LogP contribution in [-0.2, 0) is 0 Å². The molecular formula is C19H20N4O2. The highest BCUT2D eigenvalue weighted by molar-refractivity contribution is 5.94. The molecule has 0 saturated carbocycles. The molecule has 0 aromatic heterocycles. The SMILES string of the molecule is CC1(C)Oc2ccccc2[C@@H](N=C(NC#N)Nc2ccccc2)[C@@H]1O. The number of fused-ring (bicyclic) bond motifs is 1. The van der Waals surface area contributed by atoms with E-state index in [2.05, 4.69) is 15.6 Å². The topological polar surface area (TPSA) is 89.7 Å². The van der Waals surface area contributed by atoms with Gasteiger partial charge < -0.3 is 15.2 Å². The van der Waals surface area contributed by atoms with Crippen molar-refractivity contribution in [3.63, 3.8) is 0 Å². The Morgan fingerprint density at radius 1 is 1.16 bits per heavy atom. The zero-order valence-corrected chi connectivity index (χ0v) is 14.1. The molecular weight excluding hydrogens is 316 g/mol. The van der Waals surface area contributed by atoms with Gasteiger partial charge in [-0.3, -0.25) is 5.32 Å². The van der Waals surface area contributed by atoms with Crippen LogP contribution < -0.4 is 15.4 Å². The first-order valence-electron chi connectivity index (χ1n) is 8.02. The summed E-state index contributed by atoms with van der Waals surface area (Å²) in [5.41, 5.74) is 0.770. The first kappa shape index (κ1) is 16.8. The molecule has 3 rings (SSSR count). The van der Waals surface area contributed by atoms with Crippen LogP contribution >= 0.6 is 0 Å². The Hall–Kier alpha value is -3.04. The van der Waals surface area contributed by atoms with Crippen LogP contribution in [0.3, 0.4) is 0 Å². The quantitative estimate of drug-likeness (QED) is 0.340. The summed E-state index contributed by atoms with van der Waals surface area (Å²) >= 11 is 0. The third kappa shape index (κ3) is 3.57. The number of para-hydroxylation sites is 2. The Bertz CT molecular complexity index is 812. The standard InChI is InChI=1S/C19H20N4O2/c1-19(2)17(24)16(14-10-6-7-11-15(14)25-19)23-18(21-12-20)22-13-8-4-3-5-9-13/h3-11,16-17,24H,1-2H3,(H2,21,22,23)/t16-,17+/m1/s1. The number of nitriles is 1. The Kier molecular flexibility index (Phi) is 4.59. The second-order valence-corrected chi connectivity index (χ2v) is 6.34. The van der Waals surface area contributed by atoms with Crippen molar-refractivity contribution in [2.75, 3.05) is 5.32 Å². The van der Waals surface area contributed by atoms with Gasteiger partial charge >= 0.3 is 0 Å². The highest BCUT2D eigenvalue weighted by atomic mass is 16.5. The van der Waals surface area contributed by atoms with Gasteiger partial charge in [0.2, 0.25) is 5.96 Å². The van der Waals surface area contributed by atoms with E-state index < -0.39 is 17.7 Å². The molecule has 6 heteroatoms. The number of rotatable bonds is 2. The second-order valence-electron chi connectivity index (χ2n) is 6.34. The van der Waals surface area contributed by atoms with Crippen molar-refractivity contribution in [2.24, 2.45) is 4.99 Å². The summed E-state index contributed by atoms with van der Waals surface area (Å²) in [7, 11) is 0. The fourth-order valence-corrected chi connectivity index (χ4v) is 2.80. The van der Waals surface area contributed by atoms with Gasteiger partial charge in [-0.1, -0.05) is 36.4 Å². The molecule has 2 aromatic rings. The lowest BCUT2D eigenvalue weighted by molar-refractivity contribution is -0.0566. The van der Waals surface area contributed by atoms with Gasteiger partial charge in [-0.05, 0) is 32.0 Å². The summed E-state index contributed by atoms with van der Waals surface area (Å²) in [6, 6.07) is 16.3. The van der Waals surface area contributed by atoms with E-state index in [1.54, 1.807) is 0 Å². The number of hydrogen-bond acceptors (Lipinski definition) is 4. The van der Waals surface area contributed by atoms with E-state index in [9.17, 15) is 5.11 Å². The van der Waals surface area contributed by atoms with Gasteiger partial charge in [0, 0.05) is 11.3 Å². The molecule has 0 unspecified atom stereocenters. The maximum atomic E-state index is 10.8. The van der Waals surface area contributed by atoms with E-state index in [0.717, 1.165) is 11.3 Å². The Morgan fingerprint density at radius 2 is 1.84 bits per heavy atom. The van der Waals surface area contributed by atoms with Crippen LogP contribution in [0.4, 0.5) is 5.69 Å². The Balaban J connectivity index is 1.99. The van der Waals surface area contributed by atoms with E-state index >= 15 is 0 Å². The molecule has 0 spiro atoms. The number of benzene rings is 2. The number of anilines is 1. The van der Waals surface area contributed by atoms with Gasteiger partial charge in [0.25, 0.3) is 0 Å². The number of aliphatic hydroxyl groups is 1. The van der Waals surface area contributed by atoms with Crippen molar-refractivity contribution >= 4 is 11.6 Å². The molecule has 25 heavy (non-hydrogen) atoms. The smallest absolute Gasteiger partial charge is 0.209 e. The van der Waals surface area contributed by atoms with Gasteiger partial charge in [-0.15, -0.1) is 0 Å². The largest absolute Gasteiger partial charge is 0.485 e. The Morgan fingerprint density at radius 3 is 2.56 bits per heavy atom. The average molecular weight is 336 g/mol. The van der Waals surface area contributed by atoms with Crippen LogP contribution in [0.5, 0.6) is 5.75 Å². The van der Waals surface area contributed by atoms with E-state index in [-0.39, 0.29) is 5.96 Å². The highest BCUT2D eigenvalue weighted by Crippen LogP contribution is 2.41. The highest BCUT2D eigenvalue weighted by Gasteiger charge is 2.43. The van der Waals surface area contributed by atoms with Gasteiger partial charge in [0.1, 0.15) is 23.5 Å². The van der Waals surface area contributed by atoms with Crippen molar-refractivity contribution in [1.29, 1.82) is 5.26 Å². The maximum absolute atomic E-state index is 10.8. The lowest BCUT2D eigenvalue weighted by Gasteiger charge is -2.40. The summed E-state index contributed by atoms with van der Waals surface area (Å²) in [5, 5.41) is 25.4. The van der Waals surface area contributed by atoms with Crippen molar-refractivity contribution in [3.8, 4) is 11.9 Å². The summed E-state index contributed by atoms with van der Waals surface area (Å²) in [4.78, 5) is 4.58. The minimum Gasteiger partial charge on any atom is -0.485 e. The maximum Gasteiger partial charge on any atom is 0.209 e. The zero-order valence-electron chi connectivity index (χ0n) is 14.1. The molecule has 0 aliphatic carbocycles. The fraction of sp³-hybridized carbons (Fsp3) is 0.263. The number of guanidine groups is 1. The van der Waals surface area contributed by atoms with E-state index in [4.69, 9.17) is 10.00 Å². The molecule has 128 valence electrons. The molecule has 1 heterocycles. The molecule has 2 aromatic carbocycles. The normalized spacial score (nSPS) is 21.4. The number of ether oxygens (including phenoxy) is 1. The van der Waals surface area contributed by atoms with E-state index in [1.807, 2.05) is 74.6 Å². The monoisotopic (exact) mass is 336 g/mol. The molecule has 1 aliphatic heterocycles. The first-order chi connectivity index (χ1) is 12.0. The minimum absolute atomic E-state index is 0.269. The predicted molar refractivity (Wildman–Crippen MR) is 96.1 cm³/mol. The molecule has 0 saturated heterocycles. The molecule has 1 aliphatic rings. The second kappa shape index (κ2) is 6.83. The molecule has 0 fully saturated rings. The predicted octanol–water partition coefficient (Wildman–Crippen LogP) is 2.80. The van der Waals surface area contributed by atoms with E-state index in [0.29, 0.717) is 5.75 Å². The van der Waals surface area contributed by atoms with Crippen molar-refractivity contribution in [2.45, 2.75) is 31.6 Å². The van der Waals surface area contributed by atoms with Crippen LogP contribution in [0, 0.1) is 11.5 Å². The van der Waals surface area contributed by atoms with Crippen molar-refractivity contribution < 1.29 is 9.84 Å². The lowest BCUT2D eigenvalue weighted by Crippen LogP contribution is -2.49. The fourth-order valence-electron chi connectivity index (χ4n) is 2.80. The summed E-state index contributed by atoms with van der Waals surface area (Å²) in [5.74, 6) is 0.952. The van der Waals surface area contributed by atoms with Crippen LogP contribution in [0.25, 0.3) is 0 Å². The third-order valence-electron chi connectivity index (χ3n) is 4.10. The minimum atomic E-state index is -0.865. The summed E-state index contributed by atoms with van der Waals surface area (Å²) in [6.07, 6.45) is 1.02. The van der Waals surface area contributed by atoms with Crippen molar-refractivity contribution in [3.05, 3.63) is 60.2 Å². The number of nitrogens with zero attached hydrogens (tertiary/aromatic N) is 2. The van der Waals surface area contributed by atoms with E-state index in [1.165, 1.54) is 0 Å². The van der Waals surface area contributed by atoms with Crippen LogP contribution in [0.15, 0.2) is 59.6 Å². The van der Waals surface area contributed by atoms with Crippen LogP contribution in [0.1, 0.15) is 25.5 Å². The molecule has 0 bridgehead atoms. The molecule has 0 amide bonds. The van der Waals surface area contributed by atoms with Crippen molar-refractivity contribution in [1.82, 2.24) is 5.32 Å². The molecule has 2 atom stereocenters. The van der Waals surface area contributed by atoms with Gasteiger partial charge in [-0.2, -0.15) is 5.26 Å². The van der Waals surface area contributed by atoms with Crippen LogP contribution in [-0.4, -0.2) is 22.8 Å².